The maximum absolute atomic E-state index is 13.2. The average Bonchev–Trinajstić information content (AvgIpc) is 2.37. The molecule has 0 atom stereocenters. The number of anilines is 2. The van der Waals surface area contributed by atoms with E-state index in [4.69, 9.17) is 22.1 Å². The maximum Gasteiger partial charge on any atom is 0.259 e. The van der Waals surface area contributed by atoms with E-state index < -0.39 is 11.7 Å². The summed E-state index contributed by atoms with van der Waals surface area (Å²) in [6.45, 7) is 0. The van der Waals surface area contributed by atoms with Gasteiger partial charge in [0, 0.05) is 16.4 Å². The summed E-state index contributed by atoms with van der Waals surface area (Å²) >= 11 is 5.73. The van der Waals surface area contributed by atoms with Crippen LogP contribution in [0.5, 0.6) is 5.75 Å². The molecule has 2 aromatic rings. The number of hydrogen-bond acceptors (Lipinski definition) is 3. The Kier molecular flexibility index (Phi) is 4.10. The number of nitrogens with one attached hydrogen (secondary N) is 1. The first-order chi connectivity index (χ1) is 9.49. The van der Waals surface area contributed by atoms with Gasteiger partial charge in [-0.25, -0.2) is 4.39 Å². The molecule has 0 aliphatic carbocycles. The topological polar surface area (TPSA) is 64.3 Å². The van der Waals surface area contributed by atoms with Crippen LogP contribution < -0.4 is 15.8 Å². The molecular weight excluding hydrogens is 283 g/mol. The molecule has 0 radical (unpaired) electrons. The second-order valence-corrected chi connectivity index (χ2v) is 4.51. The molecule has 0 unspecified atom stereocenters. The molecular formula is C14H12ClFN2O2. The second-order valence-electron chi connectivity index (χ2n) is 4.07. The monoisotopic (exact) mass is 294 g/mol. The number of carbonyl (C=O) groups is 1. The molecule has 20 heavy (non-hydrogen) atoms. The number of ether oxygens (including phenoxy) is 1. The molecule has 0 heterocycles. The Hall–Kier alpha value is -2.27. The lowest BCUT2D eigenvalue weighted by atomic mass is 10.1. The third-order valence-electron chi connectivity index (χ3n) is 2.59. The standard InChI is InChI=1S/C14H12ClFN2O2/c1-20-13-3-2-10(17)7-12(13)14(19)18-11-5-8(15)4-9(16)6-11/h2-7H,17H2,1H3,(H,18,19). The van der Waals surface area contributed by atoms with E-state index in [2.05, 4.69) is 5.32 Å². The normalized spacial score (nSPS) is 10.2. The van der Waals surface area contributed by atoms with Gasteiger partial charge in [0.05, 0.1) is 12.7 Å². The summed E-state index contributed by atoms with van der Waals surface area (Å²) in [7, 11) is 1.45. The zero-order chi connectivity index (χ0) is 14.7. The summed E-state index contributed by atoms with van der Waals surface area (Å²) in [4.78, 5) is 12.2. The Morgan fingerprint density at radius 1 is 1.30 bits per heavy atom. The molecule has 6 heteroatoms. The van der Waals surface area contributed by atoms with E-state index in [0.29, 0.717) is 11.4 Å². The fraction of sp³-hybridized carbons (Fsp3) is 0.0714. The van der Waals surface area contributed by atoms with E-state index in [1.165, 1.54) is 25.3 Å². The third-order valence-corrected chi connectivity index (χ3v) is 2.81. The highest BCUT2D eigenvalue weighted by Gasteiger charge is 2.13. The molecule has 0 aliphatic rings. The van der Waals surface area contributed by atoms with Crippen LogP contribution in [0, 0.1) is 5.82 Å². The molecule has 3 N–H and O–H groups in total. The minimum absolute atomic E-state index is 0.194. The molecule has 104 valence electrons. The van der Waals surface area contributed by atoms with Crippen molar-refractivity contribution in [2.75, 3.05) is 18.2 Å². The summed E-state index contributed by atoms with van der Waals surface area (Å²) in [5.41, 5.74) is 6.58. The van der Waals surface area contributed by atoms with Crippen LogP contribution in [0.2, 0.25) is 5.02 Å². The van der Waals surface area contributed by atoms with Crippen molar-refractivity contribution in [2.45, 2.75) is 0 Å². The zero-order valence-corrected chi connectivity index (χ0v) is 11.4. The minimum Gasteiger partial charge on any atom is -0.496 e. The second kappa shape index (κ2) is 5.79. The van der Waals surface area contributed by atoms with Crippen LogP contribution in [0.3, 0.4) is 0 Å². The van der Waals surface area contributed by atoms with Crippen molar-refractivity contribution < 1.29 is 13.9 Å². The van der Waals surface area contributed by atoms with E-state index in [1.807, 2.05) is 0 Å². The largest absolute Gasteiger partial charge is 0.496 e. The first kappa shape index (κ1) is 14.1. The number of nitrogens with two attached hydrogens (primary N) is 1. The van der Waals surface area contributed by atoms with Crippen molar-refractivity contribution in [3.8, 4) is 5.75 Å². The van der Waals surface area contributed by atoms with Gasteiger partial charge in [-0.2, -0.15) is 0 Å². The summed E-state index contributed by atoms with van der Waals surface area (Å²) in [5, 5.41) is 2.74. The average molecular weight is 295 g/mol. The smallest absolute Gasteiger partial charge is 0.259 e. The van der Waals surface area contributed by atoms with Crippen molar-refractivity contribution >= 4 is 28.9 Å². The van der Waals surface area contributed by atoms with Crippen LogP contribution in [-0.2, 0) is 0 Å². The maximum atomic E-state index is 13.2. The number of carbonyl (C=O) groups excluding carboxylic acids is 1. The first-order valence-electron chi connectivity index (χ1n) is 5.70. The quantitative estimate of drug-likeness (QED) is 0.854. The Bertz CT molecular complexity index is 641. The molecule has 2 aromatic carbocycles. The summed E-state index contributed by atoms with van der Waals surface area (Å²) in [5.74, 6) is -0.623. The van der Waals surface area contributed by atoms with Gasteiger partial charge in [0.2, 0.25) is 0 Å². The van der Waals surface area contributed by atoms with Crippen LogP contribution in [0.4, 0.5) is 15.8 Å². The van der Waals surface area contributed by atoms with Crippen LogP contribution >= 0.6 is 11.6 Å². The van der Waals surface area contributed by atoms with Gasteiger partial charge in [-0.05, 0) is 36.4 Å². The molecule has 0 aliphatic heterocycles. The van der Waals surface area contributed by atoms with Crippen molar-refractivity contribution in [1.82, 2.24) is 0 Å². The number of rotatable bonds is 3. The van der Waals surface area contributed by atoms with E-state index in [0.717, 1.165) is 6.07 Å². The predicted octanol–water partition coefficient (Wildman–Crippen LogP) is 3.32. The number of benzene rings is 2. The van der Waals surface area contributed by atoms with Crippen molar-refractivity contribution in [3.63, 3.8) is 0 Å². The lowest BCUT2D eigenvalue weighted by Crippen LogP contribution is -2.13. The molecule has 1 amide bonds. The van der Waals surface area contributed by atoms with E-state index in [-0.39, 0.29) is 16.3 Å². The van der Waals surface area contributed by atoms with Crippen molar-refractivity contribution in [3.05, 3.63) is 52.8 Å². The summed E-state index contributed by atoms with van der Waals surface area (Å²) in [6, 6.07) is 8.45. The number of hydrogen-bond donors (Lipinski definition) is 2. The molecule has 0 fully saturated rings. The molecule has 4 nitrogen and oxygen atoms in total. The van der Waals surface area contributed by atoms with E-state index in [1.54, 1.807) is 12.1 Å². The predicted molar refractivity (Wildman–Crippen MR) is 76.8 cm³/mol. The molecule has 0 saturated carbocycles. The Balaban J connectivity index is 2.30. The van der Waals surface area contributed by atoms with Gasteiger partial charge < -0.3 is 15.8 Å². The molecule has 2 rings (SSSR count). The van der Waals surface area contributed by atoms with Crippen LogP contribution in [0.25, 0.3) is 0 Å². The highest BCUT2D eigenvalue weighted by Crippen LogP contribution is 2.24. The number of amides is 1. The molecule has 0 spiro atoms. The fourth-order valence-electron chi connectivity index (χ4n) is 1.73. The van der Waals surface area contributed by atoms with Gasteiger partial charge in [-0.3, -0.25) is 4.79 Å². The number of nitrogen functional groups attached to an aromatic ring is 1. The third kappa shape index (κ3) is 3.19. The highest BCUT2D eigenvalue weighted by atomic mass is 35.5. The van der Waals surface area contributed by atoms with Crippen molar-refractivity contribution in [1.29, 1.82) is 0 Å². The summed E-state index contributed by atoms with van der Waals surface area (Å²) in [6.07, 6.45) is 0. The fourth-order valence-corrected chi connectivity index (χ4v) is 1.95. The number of methoxy groups -OCH3 is 1. The van der Waals surface area contributed by atoms with Gasteiger partial charge in [-0.15, -0.1) is 0 Å². The summed E-state index contributed by atoms with van der Waals surface area (Å²) < 4.78 is 18.3. The SMILES string of the molecule is COc1ccc(N)cc1C(=O)Nc1cc(F)cc(Cl)c1. The van der Waals surface area contributed by atoms with E-state index in [9.17, 15) is 9.18 Å². The lowest BCUT2D eigenvalue weighted by Gasteiger charge is -2.10. The van der Waals surface area contributed by atoms with E-state index >= 15 is 0 Å². The van der Waals surface area contributed by atoms with Crippen LogP contribution in [0.15, 0.2) is 36.4 Å². The van der Waals surface area contributed by atoms with Crippen LogP contribution in [0.1, 0.15) is 10.4 Å². The Labute approximate surface area is 120 Å². The van der Waals surface area contributed by atoms with Gasteiger partial charge >= 0.3 is 0 Å². The molecule has 0 bridgehead atoms. The van der Waals surface area contributed by atoms with Gasteiger partial charge in [0.25, 0.3) is 5.91 Å². The molecule has 0 aromatic heterocycles. The Morgan fingerprint density at radius 3 is 2.70 bits per heavy atom. The van der Waals surface area contributed by atoms with Gasteiger partial charge in [-0.1, -0.05) is 11.6 Å². The van der Waals surface area contributed by atoms with Crippen molar-refractivity contribution in [2.24, 2.45) is 0 Å². The lowest BCUT2D eigenvalue weighted by molar-refractivity contribution is 0.102. The number of halogens is 2. The Morgan fingerprint density at radius 2 is 2.05 bits per heavy atom. The highest BCUT2D eigenvalue weighted by molar-refractivity contribution is 6.31. The zero-order valence-electron chi connectivity index (χ0n) is 10.6. The first-order valence-corrected chi connectivity index (χ1v) is 6.08. The van der Waals surface area contributed by atoms with Gasteiger partial charge in [0.15, 0.2) is 0 Å². The van der Waals surface area contributed by atoms with Crippen LogP contribution in [-0.4, -0.2) is 13.0 Å². The molecule has 0 saturated heterocycles. The minimum atomic E-state index is -0.535. The van der Waals surface area contributed by atoms with Gasteiger partial charge in [0.1, 0.15) is 11.6 Å².